The Labute approximate surface area is 123 Å². The smallest absolute Gasteiger partial charge is 0.255 e. The molecule has 1 amide bonds. The molecule has 0 saturated carbocycles. The molecule has 0 saturated heterocycles. The fourth-order valence-electron chi connectivity index (χ4n) is 1.81. The third-order valence-corrected chi connectivity index (χ3v) is 2.91. The number of carbonyl (C=O) groups excluding carboxylic acids is 1. The number of benzene rings is 1. The van der Waals surface area contributed by atoms with Crippen LogP contribution in [-0.2, 0) is 6.54 Å². The quantitative estimate of drug-likeness (QED) is 0.880. The van der Waals surface area contributed by atoms with Crippen molar-refractivity contribution in [1.82, 2.24) is 9.88 Å². The Bertz CT molecular complexity index is 596. The zero-order valence-corrected chi connectivity index (χ0v) is 12.2. The van der Waals surface area contributed by atoms with Gasteiger partial charge in [-0.05, 0) is 43.9 Å². The summed E-state index contributed by atoms with van der Waals surface area (Å²) in [5.41, 5.74) is 2.44. The summed E-state index contributed by atoms with van der Waals surface area (Å²) in [6.07, 6.45) is 1.51. The van der Waals surface area contributed by atoms with Gasteiger partial charge in [0.2, 0.25) is 0 Å². The van der Waals surface area contributed by atoms with Crippen molar-refractivity contribution in [2.24, 2.45) is 0 Å². The van der Waals surface area contributed by atoms with Crippen molar-refractivity contribution < 1.29 is 4.79 Å². The lowest BCUT2D eigenvalue weighted by atomic mass is 10.2. The van der Waals surface area contributed by atoms with Gasteiger partial charge in [0.05, 0.1) is 0 Å². The van der Waals surface area contributed by atoms with Crippen LogP contribution in [0.25, 0.3) is 0 Å². The summed E-state index contributed by atoms with van der Waals surface area (Å²) in [4.78, 5) is 18.0. The molecule has 2 rings (SSSR count). The average molecular weight is 290 g/mol. The summed E-state index contributed by atoms with van der Waals surface area (Å²) in [6, 6.07) is 10.9. The van der Waals surface area contributed by atoms with Crippen molar-refractivity contribution in [3.05, 3.63) is 58.9 Å². The molecule has 2 aromatic rings. The molecular formula is C15H16ClN3O. The fraction of sp³-hybridized carbons (Fsp3) is 0.200. The second-order valence-corrected chi connectivity index (χ2v) is 5.14. The van der Waals surface area contributed by atoms with Crippen molar-refractivity contribution in [3.63, 3.8) is 0 Å². The monoisotopic (exact) mass is 289 g/mol. The van der Waals surface area contributed by atoms with Crippen LogP contribution in [0.1, 0.15) is 15.9 Å². The van der Waals surface area contributed by atoms with Crippen LogP contribution in [0.3, 0.4) is 0 Å². The molecule has 104 valence electrons. The molecule has 0 spiro atoms. The van der Waals surface area contributed by atoms with Crippen molar-refractivity contribution in [1.29, 1.82) is 0 Å². The van der Waals surface area contributed by atoms with Gasteiger partial charge in [0.15, 0.2) is 0 Å². The molecule has 0 aliphatic rings. The first-order chi connectivity index (χ1) is 9.54. The first-order valence-corrected chi connectivity index (χ1v) is 6.59. The second kappa shape index (κ2) is 6.50. The highest BCUT2D eigenvalue weighted by atomic mass is 35.5. The van der Waals surface area contributed by atoms with Gasteiger partial charge in [0.25, 0.3) is 5.91 Å². The van der Waals surface area contributed by atoms with E-state index in [1.165, 1.54) is 17.8 Å². The first kappa shape index (κ1) is 14.5. The third kappa shape index (κ3) is 4.05. The number of anilines is 1. The lowest BCUT2D eigenvalue weighted by molar-refractivity contribution is 0.102. The van der Waals surface area contributed by atoms with Gasteiger partial charge in [-0.15, -0.1) is 0 Å². The molecule has 5 heteroatoms. The standard InChI is InChI=1S/C15H16ClN3O/c1-19(2)10-11-3-5-13(6-4-11)18-15(20)12-7-8-17-14(16)9-12/h3-9H,10H2,1-2H3,(H,18,20). The maximum Gasteiger partial charge on any atom is 0.255 e. The number of halogens is 1. The fourth-order valence-corrected chi connectivity index (χ4v) is 1.98. The van der Waals surface area contributed by atoms with Crippen LogP contribution < -0.4 is 5.32 Å². The lowest BCUT2D eigenvalue weighted by Crippen LogP contribution is -2.13. The van der Waals surface area contributed by atoms with Gasteiger partial charge in [0.1, 0.15) is 5.15 Å². The highest BCUT2D eigenvalue weighted by Crippen LogP contribution is 2.13. The van der Waals surface area contributed by atoms with Crippen molar-refractivity contribution in [2.75, 3.05) is 19.4 Å². The van der Waals surface area contributed by atoms with Gasteiger partial charge < -0.3 is 10.2 Å². The van der Waals surface area contributed by atoms with E-state index in [-0.39, 0.29) is 5.91 Å². The number of rotatable bonds is 4. The van der Waals surface area contributed by atoms with Gasteiger partial charge in [-0.25, -0.2) is 4.98 Å². The number of carbonyl (C=O) groups is 1. The number of pyridine rings is 1. The normalized spacial score (nSPS) is 10.6. The van der Waals surface area contributed by atoms with E-state index in [2.05, 4.69) is 15.2 Å². The highest BCUT2D eigenvalue weighted by Gasteiger charge is 2.07. The molecule has 1 aromatic carbocycles. The van der Waals surface area contributed by atoms with Crippen LogP contribution >= 0.6 is 11.6 Å². The minimum atomic E-state index is -0.199. The minimum Gasteiger partial charge on any atom is -0.322 e. The van der Waals surface area contributed by atoms with Crippen LogP contribution in [0.4, 0.5) is 5.69 Å². The molecular weight excluding hydrogens is 274 g/mol. The Morgan fingerprint density at radius 2 is 1.95 bits per heavy atom. The summed E-state index contributed by atoms with van der Waals surface area (Å²) in [5, 5.41) is 3.13. The predicted molar refractivity (Wildman–Crippen MR) is 81.0 cm³/mol. The molecule has 1 aromatic heterocycles. The molecule has 20 heavy (non-hydrogen) atoms. The number of nitrogens with one attached hydrogen (secondary N) is 1. The highest BCUT2D eigenvalue weighted by molar-refractivity contribution is 6.29. The molecule has 0 unspecified atom stereocenters. The molecule has 0 bridgehead atoms. The molecule has 4 nitrogen and oxygen atoms in total. The molecule has 0 aliphatic heterocycles. The number of hydrogen-bond acceptors (Lipinski definition) is 3. The summed E-state index contributed by atoms with van der Waals surface area (Å²) >= 11 is 5.77. The van der Waals surface area contributed by atoms with Crippen molar-refractivity contribution in [3.8, 4) is 0 Å². The summed E-state index contributed by atoms with van der Waals surface area (Å²) in [5.74, 6) is -0.199. The van der Waals surface area contributed by atoms with E-state index < -0.39 is 0 Å². The van der Waals surface area contributed by atoms with Crippen molar-refractivity contribution in [2.45, 2.75) is 6.54 Å². The van der Waals surface area contributed by atoms with Gasteiger partial charge in [-0.1, -0.05) is 23.7 Å². The van der Waals surface area contributed by atoms with E-state index in [1.807, 2.05) is 38.4 Å². The average Bonchev–Trinajstić information content (AvgIpc) is 2.40. The number of aromatic nitrogens is 1. The molecule has 0 fully saturated rings. The molecule has 1 N–H and O–H groups in total. The minimum absolute atomic E-state index is 0.199. The Hall–Kier alpha value is -1.91. The third-order valence-electron chi connectivity index (χ3n) is 2.70. The van der Waals surface area contributed by atoms with Crippen LogP contribution in [0.15, 0.2) is 42.6 Å². The van der Waals surface area contributed by atoms with E-state index in [4.69, 9.17) is 11.6 Å². The summed E-state index contributed by atoms with van der Waals surface area (Å²) < 4.78 is 0. The van der Waals surface area contributed by atoms with Gasteiger partial charge >= 0.3 is 0 Å². The van der Waals surface area contributed by atoms with Gasteiger partial charge in [-0.3, -0.25) is 4.79 Å². The Kier molecular flexibility index (Phi) is 4.71. The van der Waals surface area contributed by atoms with Crippen molar-refractivity contribution >= 4 is 23.2 Å². The maximum atomic E-state index is 12.0. The Morgan fingerprint density at radius 3 is 2.55 bits per heavy atom. The van der Waals surface area contributed by atoms with E-state index in [0.717, 1.165) is 12.2 Å². The molecule has 0 atom stereocenters. The topological polar surface area (TPSA) is 45.2 Å². The zero-order chi connectivity index (χ0) is 14.5. The SMILES string of the molecule is CN(C)Cc1ccc(NC(=O)c2ccnc(Cl)c2)cc1. The van der Waals surface area contributed by atoms with Gasteiger partial charge in [-0.2, -0.15) is 0 Å². The van der Waals surface area contributed by atoms with Crippen LogP contribution in [0.2, 0.25) is 5.15 Å². The van der Waals surface area contributed by atoms with E-state index in [9.17, 15) is 4.79 Å². The van der Waals surface area contributed by atoms with E-state index in [1.54, 1.807) is 6.07 Å². The van der Waals surface area contributed by atoms with Gasteiger partial charge in [0, 0.05) is 24.0 Å². The zero-order valence-electron chi connectivity index (χ0n) is 11.4. The van der Waals surface area contributed by atoms with E-state index >= 15 is 0 Å². The lowest BCUT2D eigenvalue weighted by Gasteiger charge is -2.10. The summed E-state index contributed by atoms with van der Waals surface area (Å²) in [6.45, 7) is 0.869. The Balaban J connectivity index is 2.04. The van der Waals surface area contributed by atoms with Crippen LogP contribution in [0.5, 0.6) is 0 Å². The van der Waals surface area contributed by atoms with E-state index in [0.29, 0.717) is 10.7 Å². The van der Waals surface area contributed by atoms with Crippen LogP contribution in [0, 0.1) is 0 Å². The first-order valence-electron chi connectivity index (χ1n) is 6.21. The number of nitrogens with zero attached hydrogens (tertiary/aromatic N) is 2. The molecule has 1 heterocycles. The van der Waals surface area contributed by atoms with Crippen LogP contribution in [-0.4, -0.2) is 29.9 Å². The predicted octanol–water partition coefficient (Wildman–Crippen LogP) is 3.05. The Morgan fingerprint density at radius 1 is 1.25 bits per heavy atom. The maximum absolute atomic E-state index is 12.0. The number of hydrogen-bond donors (Lipinski definition) is 1. The molecule has 0 radical (unpaired) electrons. The largest absolute Gasteiger partial charge is 0.322 e. The molecule has 0 aliphatic carbocycles. The number of amides is 1. The summed E-state index contributed by atoms with van der Waals surface area (Å²) in [7, 11) is 4.03. The second-order valence-electron chi connectivity index (χ2n) is 4.76.